The summed E-state index contributed by atoms with van der Waals surface area (Å²) in [4.78, 5) is 27.5. The Labute approximate surface area is 179 Å². The van der Waals surface area contributed by atoms with Gasteiger partial charge in [-0.1, -0.05) is 12.1 Å². The summed E-state index contributed by atoms with van der Waals surface area (Å²) < 4.78 is 0. The number of nitrogen functional groups attached to an aromatic ring is 2. The zero-order valence-electron chi connectivity index (χ0n) is 17.2. The molecule has 0 aliphatic heterocycles. The number of nitrogens with zero attached hydrogens (tertiary/aromatic N) is 6. The van der Waals surface area contributed by atoms with Crippen LogP contribution in [0, 0.1) is 6.92 Å². The third-order valence-electron chi connectivity index (χ3n) is 4.70. The lowest BCUT2D eigenvalue weighted by Crippen LogP contribution is -2.24. The van der Waals surface area contributed by atoms with Gasteiger partial charge in [0, 0.05) is 37.8 Å². The van der Waals surface area contributed by atoms with Gasteiger partial charge in [0.05, 0.1) is 22.6 Å². The second-order valence-corrected chi connectivity index (χ2v) is 6.86. The predicted octanol–water partition coefficient (Wildman–Crippen LogP) is 2.82. The highest BCUT2D eigenvalue weighted by atomic mass is 16.7. The number of aromatic nitrogens is 5. The highest BCUT2D eigenvalue weighted by molar-refractivity contribution is 5.82. The van der Waals surface area contributed by atoms with E-state index >= 15 is 0 Å². The topological polar surface area (TPSA) is 129 Å². The molecule has 156 valence electrons. The molecule has 0 aliphatic rings. The second-order valence-electron chi connectivity index (χ2n) is 6.86. The third kappa shape index (κ3) is 4.35. The maximum atomic E-state index is 6.45. The van der Waals surface area contributed by atoms with Gasteiger partial charge in [0.25, 0.3) is 0 Å². The van der Waals surface area contributed by atoms with Crippen molar-refractivity contribution < 1.29 is 4.84 Å². The number of hydrogen-bond acceptors (Lipinski definition) is 9. The van der Waals surface area contributed by atoms with Crippen molar-refractivity contribution in [2.75, 3.05) is 23.6 Å². The van der Waals surface area contributed by atoms with Gasteiger partial charge in [0.15, 0.2) is 5.82 Å². The summed E-state index contributed by atoms with van der Waals surface area (Å²) >= 11 is 0. The van der Waals surface area contributed by atoms with Crippen molar-refractivity contribution in [3.8, 4) is 17.3 Å². The van der Waals surface area contributed by atoms with Crippen molar-refractivity contribution in [3.05, 3.63) is 78.0 Å². The van der Waals surface area contributed by atoms with Crippen LogP contribution in [0.1, 0.15) is 17.0 Å². The van der Waals surface area contributed by atoms with Crippen molar-refractivity contribution in [1.29, 1.82) is 0 Å². The van der Waals surface area contributed by atoms with Crippen LogP contribution in [0.2, 0.25) is 0 Å². The summed E-state index contributed by atoms with van der Waals surface area (Å²) in [5, 5.41) is 1.47. The minimum atomic E-state index is 0.107. The fraction of sp³-hybridized carbons (Fsp3) is 0.136. The number of hydroxylamine groups is 1. The van der Waals surface area contributed by atoms with E-state index in [-0.39, 0.29) is 11.8 Å². The number of aryl methyl sites for hydroxylation is 1. The number of rotatable bonds is 6. The van der Waals surface area contributed by atoms with Gasteiger partial charge in [-0.2, -0.15) is 15.0 Å². The SMILES string of the molecule is Cc1nc(ON(C)c2ccccn2)nc(N)c1-c1nccc(Cc2ccccn2)c1N. The van der Waals surface area contributed by atoms with E-state index < -0.39 is 0 Å². The number of pyridine rings is 3. The summed E-state index contributed by atoms with van der Waals surface area (Å²) in [6.07, 6.45) is 5.70. The predicted molar refractivity (Wildman–Crippen MR) is 119 cm³/mol. The Kier molecular flexibility index (Phi) is 5.57. The molecule has 0 spiro atoms. The van der Waals surface area contributed by atoms with E-state index in [4.69, 9.17) is 16.3 Å². The maximum absolute atomic E-state index is 6.45. The lowest BCUT2D eigenvalue weighted by atomic mass is 10.0. The van der Waals surface area contributed by atoms with Crippen LogP contribution in [-0.4, -0.2) is 32.0 Å². The smallest absolute Gasteiger partial charge is 0.345 e. The molecule has 4 rings (SSSR count). The molecule has 4 N–H and O–H groups in total. The Hall–Kier alpha value is -4.27. The van der Waals surface area contributed by atoms with E-state index in [2.05, 4.69) is 24.9 Å². The first-order chi connectivity index (χ1) is 15.0. The fourth-order valence-electron chi connectivity index (χ4n) is 3.18. The zero-order chi connectivity index (χ0) is 21.8. The molecule has 4 heterocycles. The van der Waals surface area contributed by atoms with E-state index in [9.17, 15) is 0 Å². The number of nitrogens with two attached hydrogens (primary N) is 2. The summed E-state index contributed by atoms with van der Waals surface area (Å²) in [6.45, 7) is 1.81. The van der Waals surface area contributed by atoms with Gasteiger partial charge in [0.1, 0.15) is 5.82 Å². The fourth-order valence-corrected chi connectivity index (χ4v) is 3.18. The molecule has 4 aromatic rings. The molecule has 31 heavy (non-hydrogen) atoms. The molecule has 0 aromatic carbocycles. The molecule has 0 unspecified atom stereocenters. The minimum Gasteiger partial charge on any atom is -0.397 e. The lowest BCUT2D eigenvalue weighted by Gasteiger charge is -2.18. The zero-order valence-corrected chi connectivity index (χ0v) is 17.2. The average Bonchev–Trinajstić information content (AvgIpc) is 2.77. The van der Waals surface area contributed by atoms with Gasteiger partial charge in [-0.15, -0.1) is 0 Å². The Morgan fingerprint density at radius 2 is 1.68 bits per heavy atom. The summed E-state index contributed by atoms with van der Waals surface area (Å²) in [6, 6.07) is 13.2. The Balaban J connectivity index is 1.64. The molecule has 0 atom stereocenters. The average molecular weight is 414 g/mol. The van der Waals surface area contributed by atoms with Crippen LogP contribution in [0.15, 0.2) is 61.1 Å². The Morgan fingerprint density at radius 1 is 0.903 bits per heavy atom. The highest BCUT2D eigenvalue weighted by Gasteiger charge is 2.19. The van der Waals surface area contributed by atoms with Gasteiger partial charge < -0.3 is 16.3 Å². The summed E-state index contributed by atoms with van der Waals surface area (Å²) in [7, 11) is 1.71. The first kappa shape index (κ1) is 20.0. The van der Waals surface area contributed by atoms with E-state index in [1.807, 2.05) is 49.4 Å². The molecule has 0 saturated heterocycles. The van der Waals surface area contributed by atoms with Gasteiger partial charge in [-0.25, -0.2) is 4.98 Å². The summed E-state index contributed by atoms with van der Waals surface area (Å²) in [5.74, 6) is 0.839. The van der Waals surface area contributed by atoms with Crippen molar-refractivity contribution >= 4 is 17.3 Å². The van der Waals surface area contributed by atoms with E-state index in [0.717, 1.165) is 11.3 Å². The molecular weight excluding hydrogens is 392 g/mol. The van der Waals surface area contributed by atoms with E-state index in [1.54, 1.807) is 25.6 Å². The highest BCUT2D eigenvalue weighted by Crippen LogP contribution is 2.33. The van der Waals surface area contributed by atoms with Gasteiger partial charge >= 0.3 is 6.01 Å². The van der Waals surface area contributed by atoms with Gasteiger partial charge in [0.2, 0.25) is 0 Å². The van der Waals surface area contributed by atoms with E-state index in [0.29, 0.717) is 34.9 Å². The molecule has 0 aliphatic carbocycles. The first-order valence-corrected chi connectivity index (χ1v) is 9.63. The Morgan fingerprint density at radius 3 is 2.35 bits per heavy atom. The third-order valence-corrected chi connectivity index (χ3v) is 4.70. The van der Waals surface area contributed by atoms with Crippen LogP contribution in [0.4, 0.5) is 17.3 Å². The van der Waals surface area contributed by atoms with Crippen LogP contribution < -0.4 is 21.4 Å². The molecule has 0 radical (unpaired) electrons. The number of hydrogen-bond donors (Lipinski definition) is 2. The first-order valence-electron chi connectivity index (χ1n) is 9.63. The van der Waals surface area contributed by atoms with E-state index in [1.165, 1.54) is 5.06 Å². The lowest BCUT2D eigenvalue weighted by molar-refractivity contribution is 0.275. The van der Waals surface area contributed by atoms with Crippen molar-refractivity contribution in [3.63, 3.8) is 0 Å². The molecule has 0 bridgehead atoms. The summed E-state index contributed by atoms with van der Waals surface area (Å²) in [5.41, 5.74) is 16.8. The maximum Gasteiger partial charge on any atom is 0.345 e. The van der Waals surface area contributed by atoms with Crippen LogP contribution >= 0.6 is 0 Å². The largest absolute Gasteiger partial charge is 0.397 e. The second kappa shape index (κ2) is 8.62. The van der Waals surface area contributed by atoms with Gasteiger partial charge in [-0.05, 0) is 42.8 Å². The van der Waals surface area contributed by atoms with Crippen molar-refractivity contribution in [1.82, 2.24) is 24.9 Å². The molecule has 0 fully saturated rings. The quantitative estimate of drug-likeness (QED) is 0.457. The van der Waals surface area contributed by atoms with Crippen LogP contribution in [-0.2, 0) is 6.42 Å². The number of anilines is 3. The molecule has 4 aromatic heterocycles. The van der Waals surface area contributed by atoms with Crippen molar-refractivity contribution in [2.45, 2.75) is 13.3 Å². The Bertz CT molecular complexity index is 1160. The monoisotopic (exact) mass is 414 g/mol. The molecule has 0 saturated carbocycles. The minimum absolute atomic E-state index is 0.107. The van der Waals surface area contributed by atoms with Crippen LogP contribution in [0.25, 0.3) is 11.3 Å². The molecular formula is C22H22N8O. The van der Waals surface area contributed by atoms with Crippen LogP contribution in [0.3, 0.4) is 0 Å². The normalized spacial score (nSPS) is 10.6. The van der Waals surface area contributed by atoms with Gasteiger partial charge in [-0.3, -0.25) is 9.97 Å². The standard InChI is InChI=1S/C22H22N8O/c1-14-18(20-19(23)15(9-12-27-20)13-16-7-3-5-10-25-16)21(24)29-22(28-14)31-30(2)17-8-4-6-11-26-17/h3-12H,13,23H2,1-2H3,(H2,24,28,29). The molecule has 9 heteroatoms. The molecule has 9 nitrogen and oxygen atoms in total. The molecule has 0 amide bonds. The van der Waals surface area contributed by atoms with Crippen LogP contribution in [0.5, 0.6) is 6.01 Å². The van der Waals surface area contributed by atoms with Crippen molar-refractivity contribution in [2.24, 2.45) is 0 Å².